The van der Waals surface area contributed by atoms with Gasteiger partial charge in [-0.3, -0.25) is 9.78 Å². The van der Waals surface area contributed by atoms with Crippen LogP contribution in [0.2, 0.25) is 0 Å². The first-order valence-electron chi connectivity index (χ1n) is 8.13. The van der Waals surface area contributed by atoms with Crippen LogP contribution in [0.5, 0.6) is 0 Å². The molecule has 0 bridgehead atoms. The van der Waals surface area contributed by atoms with Crippen LogP contribution in [0.25, 0.3) is 0 Å². The zero-order valence-electron chi connectivity index (χ0n) is 13.1. The van der Waals surface area contributed by atoms with Gasteiger partial charge in [0.15, 0.2) is 0 Å². The number of piperidine rings is 1. The number of carbonyl (C=O) groups excluding carboxylic acids is 1. The van der Waals surface area contributed by atoms with Crippen LogP contribution in [0.15, 0.2) is 12.1 Å². The third-order valence-corrected chi connectivity index (χ3v) is 4.62. The number of rotatable bonds is 2. The van der Waals surface area contributed by atoms with Crippen molar-refractivity contribution in [3.05, 3.63) is 29.1 Å². The molecule has 3 rings (SSSR count). The normalized spacial score (nSPS) is 22.2. The van der Waals surface area contributed by atoms with E-state index in [9.17, 15) is 4.79 Å². The van der Waals surface area contributed by atoms with Crippen LogP contribution in [-0.2, 0) is 17.8 Å². The Bertz CT molecular complexity index is 521. The summed E-state index contributed by atoms with van der Waals surface area (Å²) in [6.45, 7) is 7.78. The number of aromatic nitrogens is 1. The minimum Gasteiger partial charge on any atom is -0.338 e. The number of carbonyl (C=O) groups is 1. The van der Waals surface area contributed by atoms with Crippen molar-refractivity contribution >= 4 is 5.91 Å². The highest BCUT2D eigenvalue weighted by molar-refractivity contribution is 5.79. The predicted octanol–water partition coefficient (Wildman–Crippen LogP) is 2.09. The molecule has 1 aromatic heterocycles. The standard InChI is InChI=1S/C17H25N3O/c1-12(2)15-6-5-14-11-20(9-7-16(14)19-15)17(21)13-4-3-8-18-10-13/h5-6,12-13,18H,3-4,7-11H2,1-2H3/t13-/m1/s1. The fourth-order valence-corrected chi connectivity index (χ4v) is 3.26. The Hall–Kier alpha value is -1.42. The molecule has 1 aromatic rings. The predicted molar refractivity (Wildman–Crippen MR) is 83.0 cm³/mol. The number of amides is 1. The monoisotopic (exact) mass is 287 g/mol. The lowest BCUT2D eigenvalue weighted by atomic mass is 9.96. The van der Waals surface area contributed by atoms with Crippen molar-refractivity contribution in [2.75, 3.05) is 19.6 Å². The summed E-state index contributed by atoms with van der Waals surface area (Å²) >= 11 is 0. The molecule has 1 N–H and O–H groups in total. The van der Waals surface area contributed by atoms with Crippen molar-refractivity contribution in [3.63, 3.8) is 0 Å². The van der Waals surface area contributed by atoms with Crippen LogP contribution in [0, 0.1) is 5.92 Å². The summed E-state index contributed by atoms with van der Waals surface area (Å²) in [5.41, 5.74) is 3.57. The SMILES string of the molecule is CC(C)c1ccc2c(n1)CCN(C(=O)[C@@H]1CCCNC1)C2. The van der Waals surface area contributed by atoms with Crippen LogP contribution >= 0.6 is 0 Å². The van der Waals surface area contributed by atoms with Gasteiger partial charge in [-0.05, 0) is 36.9 Å². The minimum absolute atomic E-state index is 0.170. The summed E-state index contributed by atoms with van der Waals surface area (Å²) in [5, 5.41) is 3.33. The average molecular weight is 287 g/mol. The molecule has 0 radical (unpaired) electrons. The number of fused-ring (bicyclic) bond motifs is 1. The van der Waals surface area contributed by atoms with E-state index < -0.39 is 0 Å². The lowest BCUT2D eigenvalue weighted by molar-refractivity contribution is -0.137. The fraction of sp³-hybridized carbons (Fsp3) is 0.647. The summed E-state index contributed by atoms with van der Waals surface area (Å²) < 4.78 is 0. The van der Waals surface area contributed by atoms with Crippen LogP contribution in [0.1, 0.15) is 49.6 Å². The van der Waals surface area contributed by atoms with Crippen LogP contribution in [0.4, 0.5) is 0 Å². The van der Waals surface area contributed by atoms with E-state index in [1.807, 2.05) is 4.90 Å². The van der Waals surface area contributed by atoms with Gasteiger partial charge in [0, 0.05) is 37.4 Å². The first-order chi connectivity index (χ1) is 10.1. The molecule has 0 aromatic carbocycles. The highest BCUT2D eigenvalue weighted by Gasteiger charge is 2.28. The van der Waals surface area contributed by atoms with Crippen molar-refractivity contribution in [3.8, 4) is 0 Å². The molecule has 1 saturated heterocycles. The van der Waals surface area contributed by atoms with E-state index in [0.29, 0.717) is 11.8 Å². The topological polar surface area (TPSA) is 45.2 Å². The Morgan fingerprint density at radius 3 is 3.00 bits per heavy atom. The summed E-state index contributed by atoms with van der Waals surface area (Å²) in [4.78, 5) is 19.4. The maximum Gasteiger partial charge on any atom is 0.227 e. The van der Waals surface area contributed by atoms with Gasteiger partial charge in [0.25, 0.3) is 0 Å². The maximum absolute atomic E-state index is 12.6. The van der Waals surface area contributed by atoms with E-state index in [0.717, 1.165) is 51.1 Å². The highest BCUT2D eigenvalue weighted by Crippen LogP contribution is 2.23. The van der Waals surface area contributed by atoms with E-state index in [4.69, 9.17) is 4.98 Å². The average Bonchev–Trinajstić information content (AvgIpc) is 2.54. The van der Waals surface area contributed by atoms with E-state index >= 15 is 0 Å². The Kier molecular flexibility index (Phi) is 4.24. The molecule has 1 fully saturated rings. The first kappa shape index (κ1) is 14.5. The first-order valence-corrected chi connectivity index (χ1v) is 8.13. The maximum atomic E-state index is 12.6. The second-order valence-electron chi connectivity index (χ2n) is 6.55. The van der Waals surface area contributed by atoms with Crippen LogP contribution in [0.3, 0.4) is 0 Å². The van der Waals surface area contributed by atoms with Gasteiger partial charge in [0.2, 0.25) is 5.91 Å². The molecule has 3 heterocycles. The van der Waals surface area contributed by atoms with Crippen LogP contribution < -0.4 is 5.32 Å². The third kappa shape index (κ3) is 3.10. The summed E-state index contributed by atoms with van der Waals surface area (Å²) in [6, 6.07) is 4.27. The molecule has 0 aliphatic carbocycles. The molecule has 4 nitrogen and oxygen atoms in total. The van der Waals surface area contributed by atoms with Gasteiger partial charge in [0.1, 0.15) is 0 Å². The van der Waals surface area contributed by atoms with Gasteiger partial charge < -0.3 is 10.2 Å². The van der Waals surface area contributed by atoms with Gasteiger partial charge in [-0.2, -0.15) is 0 Å². The molecule has 2 aliphatic heterocycles. The van der Waals surface area contributed by atoms with Gasteiger partial charge in [-0.25, -0.2) is 0 Å². The molecule has 1 atom stereocenters. The molecular formula is C17H25N3O. The largest absolute Gasteiger partial charge is 0.338 e. The quantitative estimate of drug-likeness (QED) is 0.906. The van der Waals surface area contributed by atoms with E-state index in [-0.39, 0.29) is 5.92 Å². The second kappa shape index (κ2) is 6.14. The molecule has 0 spiro atoms. The smallest absolute Gasteiger partial charge is 0.227 e. The Labute approximate surface area is 126 Å². The fourth-order valence-electron chi connectivity index (χ4n) is 3.26. The van der Waals surface area contributed by atoms with Crippen molar-refractivity contribution in [2.45, 2.75) is 45.6 Å². The van der Waals surface area contributed by atoms with Crippen LogP contribution in [-0.4, -0.2) is 35.4 Å². The van der Waals surface area contributed by atoms with Crippen molar-refractivity contribution in [2.24, 2.45) is 5.92 Å². The number of pyridine rings is 1. The second-order valence-corrected chi connectivity index (χ2v) is 6.55. The van der Waals surface area contributed by atoms with Gasteiger partial charge in [-0.1, -0.05) is 19.9 Å². The molecule has 1 amide bonds. The van der Waals surface area contributed by atoms with Crippen molar-refractivity contribution in [1.29, 1.82) is 0 Å². The molecular weight excluding hydrogens is 262 g/mol. The van der Waals surface area contributed by atoms with Crippen molar-refractivity contribution < 1.29 is 4.79 Å². The summed E-state index contributed by atoms with van der Waals surface area (Å²) in [6.07, 6.45) is 3.03. The highest BCUT2D eigenvalue weighted by atomic mass is 16.2. The zero-order chi connectivity index (χ0) is 14.8. The minimum atomic E-state index is 0.170. The third-order valence-electron chi connectivity index (χ3n) is 4.62. The number of nitrogens with zero attached hydrogens (tertiary/aromatic N) is 2. The Balaban J connectivity index is 1.70. The van der Waals surface area contributed by atoms with E-state index in [1.165, 1.54) is 11.3 Å². The van der Waals surface area contributed by atoms with Gasteiger partial charge in [0.05, 0.1) is 5.92 Å². The lowest BCUT2D eigenvalue weighted by Gasteiger charge is -2.33. The Morgan fingerprint density at radius 2 is 2.29 bits per heavy atom. The summed E-state index contributed by atoms with van der Waals surface area (Å²) in [7, 11) is 0. The molecule has 0 saturated carbocycles. The van der Waals surface area contributed by atoms with E-state index in [1.54, 1.807) is 0 Å². The van der Waals surface area contributed by atoms with Gasteiger partial charge in [-0.15, -0.1) is 0 Å². The van der Waals surface area contributed by atoms with E-state index in [2.05, 4.69) is 31.3 Å². The summed E-state index contributed by atoms with van der Waals surface area (Å²) in [5.74, 6) is 0.951. The molecule has 4 heteroatoms. The lowest BCUT2D eigenvalue weighted by Crippen LogP contribution is -2.45. The molecule has 21 heavy (non-hydrogen) atoms. The van der Waals surface area contributed by atoms with Gasteiger partial charge >= 0.3 is 0 Å². The Morgan fingerprint density at radius 1 is 1.43 bits per heavy atom. The zero-order valence-corrected chi connectivity index (χ0v) is 13.1. The number of hydrogen-bond acceptors (Lipinski definition) is 3. The number of nitrogens with one attached hydrogen (secondary N) is 1. The van der Waals surface area contributed by atoms with Crippen molar-refractivity contribution in [1.82, 2.24) is 15.2 Å². The molecule has 114 valence electrons. The molecule has 0 unspecified atom stereocenters. The molecule has 2 aliphatic rings. The number of hydrogen-bond donors (Lipinski definition) is 1.